The average Bonchev–Trinajstić information content (AvgIpc) is 2.38. The van der Waals surface area contributed by atoms with Gasteiger partial charge < -0.3 is 10.1 Å². The van der Waals surface area contributed by atoms with Gasteiger partial charge in [0.1, 0.15) is 5.75 Å². The van der Waals surface area contributed by atoms with E-state index in [2.05, 4.69) is 28.2 Å². The van der Waals surface area contributed by atoms with Gasteiger partial charge in [-0.25, -0.2) is 0 Å². The Morgan fingerprint density at radius 1 is 1.53 bits per heavy atom. The largest absolute Gasteiger partial charge is 0.484 e. The molecule has 0 spiro atoms. The summed E-state index contributed by atoms with van der Waals surface area (Å²) in [4.78, 5) is 22.4. The van der Waals surface area contributed by atoms with Gasteiger partial charge in [0.15, 0.2) is 12.9 Å². The molecule has 0 aromatic heterocycles. The summed E-state index contributed by atoms with van der Waals surface area (Å²) in [7, 11) is 0. The number of benzene rings is 1. The molecule has 0 radical (unpaired) electrons. The molecule has 0 bridgehead atoms. The second kappa shape index (κ2) is 7.94. The van der Waals surface area contributed by atoms with E-state index in [-0.39, 0.29) is 18.6 Å². The van der Waals surface area contributed by atoms with Crippen LogP contribution in [0.1, 0.15) is 37.0 Å². The molecule has 0 aliphatic rings. The fourth-order valence-electron chi connectivity index (χ4n) is 1.67. The smallest absolute Gasteiger partial charge is 0.258 e. The monoisotopic (exact) mass is 327 g/mol. The number of rotatable bonds is 7. The van der Waals surface area contributed by atoms with E-state index in [1.54, 1.807) is 18.2 Å². The first kappa shape index (κ1) is 15.7. The summed E-state index contributed by atoms with van der Waals surface area (Å²) < 4.78 is 6.06. The molecule has 4 nitrogen and oxygen atoms in total. The summed E-state index contributed by atoms with van der Waals surface area (Å²) >= 11 is 3.25. The number of hydrogen-bond acceptors (Lipinski definition) is 3. The maximum atomic E-state index is 11.6. The van der Waals surface area contributed by atoms with E-state index in [9.17, 15) is 9.59 Å². The number of amides is 1. The van der Waals surface area contributed by atoms with E-state index in [4.69, 9.17) is 4.74 Å². The molecule has 104 valence electrons. The van der Waals surface area contributed by atoms with Crippen LogP contribution in [-0.4, -0.2) is 24.8 Å². The Morgan fingerprint density at radius 2 is 2.26 bits per heavy atom. The number of aldehydes is 1. The van der Waals surface area contributed by atoms with E-state index in [0.29, 0.717) is 15.8 Å². The van der Waals surface area contributed by atoms with Gasteiger partial charge in [-0.2, -0.15) is 0 Å². The molecular formula is C14H18BrNO3. The molecule has 0 aliphatic carbocycles. The standard InChI is InChI=1S/C14H18BrNO3/c1-3-4-10(2)16-14(18)9-19-12-5-6-13(15)11(7-12)8-17/h5-8,10H,3-4,9H2,1-2H3,(H,16,18). The molecule has 1 atom stereocenters. The summed E-state index contributed by atoms with van der Waals surface area (Å²) in [6.45, 7) is 3.99. The van der Waals surface area contributed by atoms with Gasteiger partial charge in [0.25, 0.3) is 5.91 Å². The van der Waals surface area contributed by atoms with Gasteiger partial charge in [0.2, 0.25) is 0 Å². The molecule has 1 aromatic carbocycles. The molecule has 1 aromatic rings. The minimum absolute atomic E-state index is 0.0476. The predicted molar refractivity (Wildman–Crippen MR) is 77.5 cm³/mol. The number of ether oxygens (including phenoxy) is 1. The minimum Gasteiger partial charge on any atom is -0.484 e. The lowest BCUT2D eigenvalue weighted by atomic mass is 10.2. The molecule has 0 saturated heterocycles. The molecule has 1 N–H and O–H groups in total. The molecule has 0 fully saturated rings. The molecule has 1 rings (SSSR count). The van der Waals surface area contributed by atoms with E-state index in [1.165, 1.54) is 0 Å². The lowest BCUT2D eigenvalue weighted by molar-refractivity contribution is -0.123. The number of carbonyl (C=O) groups is 2. The Bertz CT molecular complexity index is 448. The highest BCUT2D eigenvalue weighted by Crippen LogP contribution is 2.21. The summed E-state index contributed by atoms with van der Waals surface area (Å²) in [5.41, 5.74) is 0.497. The topological polar surface area (TPSA) is 55.4 Å². The van der Waals surface area contributed by atoms with Crippen LogP contribution in [0, 0.1) is 0 Å². The van der Waals surface area contributed by atoms with Gasteiger partial charge in [-0.05, 0) is 31.5 Å². The van der Waals surface area contributed by atoms with Crippen molar-refractivity contribution >= 4 is 28.1 Å². The molecule has 1 unspecified atom stereocenters. The Balaban J connectivity index is 2.48. The number of hydrogen-bond donors (Lipinski definition) is 1. The van der Waals surface area contributed by atoms with Gasteiger partial charge in [-0.1, -0.05) is 29.3 Å². The Morgan fingerprint density at radius 3 is 2.89 bits per heavy atom. The van der Waals surface area contributed by atoms with Gasteiger partial charge in [-0.15, -0.1) is 0 Å². The Labute approximate surface area is 121 Å². The molecule has 1 amide bonds. The summed E-state index contributed by atoms with van der Waals surface area (Å²) in [5, 5.41) is 2.85. The minimum atomic E-state index is -0.156. The zero-order valence-electron chi connectivity index (χ0n) is 11.1. The second-order valence-corrected chi connectivity index (χ2v) is 5.20. The lowest BCUT2D eigenvalue weighted by Gasteiger charge is -2.13. The molecular weight excluding hydrogens is 310 g/mol. The highest BCUT2D eigenvalue weighted by atomic mass is 79.9. The average molecular weight is 328 g/mol. The normalized spacial score (nSPS) is 11.7. The van der Waals surface area contributed by atoms with Crippen LogP contribution in [0.5, 0.6) is 5.75 Å². The van der Waals surface area contributed by atoms with Crippen molar-refractivity contribution in [3.8, 4) is 5.75 Å². The summed E-state index contributed by atoms with van der Waals surface area (Å²) in [6, 6.07) is 5.17. The van der Waals surface area contributed by atoms with Crippen molar-refractivity contribution in [1.29, 1.82) is 0 Å². The first-order valence-corrected chi connectivity index (χ1v) is 7.03. The van der Waals surface area contributed by atoms with Crippen LogP contribution in [0.4, 0.5) is 0 Å². The van der Waals surface area contributed by atoms with Crippen LogP contribution >= 0.6 is 15.9 Å². The van der Waals surface area contributed by atoms with Crippen LogP contribution in [0.3, 0.4) is 0 Å². The van der Waals surface area contributed by atoms with Crippen LogP contribution in [-0.2, 0) is 4.79 Å². The maximum Gasteiger partial charge on any atom is 0.258 e. The highest BCUT2D eigenvalue weighted by molar-refractivity contribution is 9.10. The molecule has 0 heterocycles. The van der Waals surface area contributed by atoms with E-state index in [1.807, 2.05) is 6.92 Å². The van der Waals surface area contributed by atoms with Crippen LogP contribution < -0.4 is 10.1 Å². The molecule has 0 saturated carbocycles. The van der Waals surface area contributed by atoms with Crippen LogP contribution in [0.2, 0.25) is 0 Å². The first-order valence-electron chi connectivity index (χ1n) is 6.23. The van der Waals surface area contributed by atoms with Crippen molar-refractivity contribution < 1.29 is 14.3 Å². The summed E-state index contributed by atoms with van der Waals surface area (Å²) in [5.74, 6) is 0.347. The van der Waals surface area contributed by atoms with E-state index >= 15 is 0 Å². The number of nitrogens with one attached hydrogen (secondary N) is 1. The third-order valence-electron chi connectivity index (χ3n) is 2.59. The van der Waals surface area contributed by atoms with Crippen molar-refractivity contribution in [2.75, 3.05) is 6.61 Å². The first-order chi connectivity index (χ1) is 9.06. The van der Waals surface area contributed by atoms with E-state index in [0.717, 1.165) is 19.1 Å². The van der Waals surface area contributed by atoms with Gasteiger partial charge >= 0.3 is 0 Å². The summed E-state index contributed by atoms with van der Waals surface area (Å²) in [6.07, 6.45) is 2.71. The van der Waals surface area contributed by atoms with Crippen LogP contribution in [0.25, 0.3) is 0 Å². The van der Waals surface area contributed by atoms with Gasteiger partial charge in [0.05, 0.1) is 0 Å². The third-order valence-corrected chi connectivity index (χ3v) is 3.32. The van der Waals surface area contributed by atoms with Crippen LogP contribution in [0.15, 0.2) is 22.7 Å². The maximum absolute atomic E-state index is 11.6. The van der Waals surface area contributed by atoms with Crippen molar-refractivity contribution in [1.82, 2.24) is 5.32 Å². The lowest BCUT2D eigenvalue weighted by Crippen LogP contribution is -2.35. The predicted octanol–water partition coefficient (Wildman–Crippen LogP) is 2.95. The van der Waals surface area contributed by atoms with Crippen molar-refractivity contribution in [2.45, 2.75) is 32.7 Å². The zero-order valence-corrected chi connectivity index (χ0v) is 12.7. The molecule has 0 aliphatic heterocycles. The number of halogens is 1. The Kier molecular flexibility index (Phi) is 6.56. The number of carbonyl (C=O) groups excluding carboxylic acids is 2. The SMILES string of the molecule is CCCC(C)NC(=O)COc1ccc(Br)c(C=O)c1. The quantitative estimate of drug-likeness (QED) is 0.783. The van der Waals surface area contributed by atoms with Gasteiger partial charge in [0, 0.05) is 16.1 Å². The van der Waals surface area contributed by atoms with E-state index < -0.39 is 0 Å². The van der Waals surface area contributed by atoms with Crippen molar-refractivity contribution in [3.05, 3.63) is 28.2 Å². The van der Waals surface area contributed by atoms with Crippen molar-refractivity contribution in [3.63, 3.8) is 0 Å². The molecule has 19 heavy (non-hydrogen) atoms. The van der Waals surface area contributed by atoms with Gasteiger partial charge in [-0.3, -0.25) is 9.59 Å². The third kappa shape index (κ3) is 5.42. The van der Waals surface area contributed by atoms with Crippen molar-refractivity contribution in [2.24, 2.45) is 0 Å². The highest BCUT2D eigenvalue weighted by Gasteiger charge is 2.08. The fraction of sp³-hybridized carbons (Fsp3) is 0.429. The zero-order chi connectivity index (χ0) is 14.3. The fourth-order valence-corrected chi connectivity index (χ4v) is 2.01. The Hall–Kier alpha value is -1.36. The molecule has 5 heteroatoms. The second-order valence-electron chi connectivity index (χ2n) is 4.35.